The number of aryl methyl sites for hydroxylation is 1. The number of halogens is 2. The van der Waals surface area contributed by atoms with Gasteiger partial charge in [0.05, 0.1) is 6.61 Å². The maximum Gasteiger partial charge on any atom is 0.339 e. The van der Waals surface area contributed by atoms with Gasteiger partial charge < -0.3 is 9.84 Å². The van der Waals surface area contributed by atoms with Crippen molar-refractivity contribution in [1.29, 1.82) is 0 Å². The fraction of sp³-hybridized carbons (Fsp3) is 0.417. The van der Waals surface area contributed by atoms with Crippen molar-refractivity contribution in [2.24, 2.45) is 0 Å². The van der Waals surface area contributed by atoms with E-state index in [2.05, 4.69) is 4.74 Å². The standard InChI is InChI=1S/C12H14F2O3/c1-3-17-12(16)11(15)8-4-7(2)9(6-13)10(14)5-8/h4-5,11,15H,3,6H2,1-2H3. The van der Waals surface area contributed by atoms with Crippen LogP contribution in [0.15, 0.2) is 12.1 Å². The van der Waals surface area contributed by atoms with E-state index in [0.29, 0.717) is 5.56 Å². The summed E-state index contributed by atoms with van der Waals surface area (Å²) in [7, 11) is 0. The molecule has 1 aromatic carbocycles. The molecule has 0 fully saturated rings. The van der Waals surface area contributed by atoms with E-state index in [1.54, 1.807) is 6.92 Å². The summed E-state index contributed by atoms with van der Waals surface area (Å²) >= 11 is 0. The second-order valence-corrected chi connectivity index (χ2v) is 3.59. The Bertz CT molecular complexity index is 395. The summed E-state index contributed by atoms with van der Waals surface area (Å²) in [5.41, 5.74) is 0.353. The largest absolute Gasteiger partial charge is 0.464 e. The molecule has 0 saturated heterocycles. The van der Waals surface area contributed by atoms with Crippen molar-refractivity contribution in [3.05, 3.63) is 34.6 Å². The molecule has 0 aliphatic carbocycles. The van der Waals surface area contributed by atoms with Gasteiger partial charge in [-0.15, -0.1) is 0 Å². The monoisotopic (exact) mass is 244 g/mol. The summed E-state index contributed by atoms with van der Waals surface area (Å²) in [6.45, 7) is 2.31. The molecule has 0 spiro atoms. The summed E-state index contributed by atoms with van der Waals surface area (Å²) in [4.78, 5) is 11.3. The van der Waals surface area contributed by atoms with Gasteiger partial charge in [0.1, 0.15) is 12.5 Å². The Morgan fingerprint density at radius 2 is 2.18 bits per heavy atom. The molecule has 0 amide bonds. The third-order valence-corrected chi connectivity index (χ3v) is 2.40. The van der Waals surface area contributed by atoms with Gasteiger partial charge in [-0.3, -0.25) is 0 Å². The smallest absolute Gasteiger partial charge is 0.339 e. The lowest BCUT2D eigenvalue weighted by atomic mass is 10.0. The molecule has 0 aliphatic rings. The predicted octanol–water partition coefficient (Wildman–Crippen LogP) is 2.20. The first-order chi connectivity index (χ1) is 8.01. The van der Waals surface area contributed by atoms with Gasteiger partial charge in [-0.1, -0.05) is 6.07 Å². The maximum atomic E-state index is 13.4. The van der Waals surface area contributed by atoms with Gasteiger partial charge in [-0.05, 0) is 31.0 Å². The second kappa shape index (κ2) is 5.72. The molecule has 5 heteroatoms. The topological polar surface area (TPSA) is 46.5 Å². The zero-order valence-electron chi connectivity index (χ0n) is 9.67. The third kappa shape index (κ3) is 3.00. The molecule has 0 aliphatic heterocycles. The molecule has 1 atom stereocenters. The molecule has 0 saturated carbocycles. The fourth-order valence-electron chi connectivity index (χ4n) is 1.48. The molecule has 0 bridgehead atoms. The summed E-state index contributed by atoms with van der Waals surface area (Å²) in [5.74, 6) is -1.62. The van der Waals surface area contributed by atoms with Crippen LogP contribution in [0.5, 0.6) is 0 Å². The third-order valence-electron chi connectivity index (χ3n) is 2.40. The Kier molecular flexibility index (Phi) is 4.57. The van der Waals surface area contributed by atoms with Gasteiger partial charge in [0.15, 0.2) is 6.10 Å². The number of aliphatic hydroxyl groups is 1. The van der Waals surface area contributed by atoms with Gasteiger partial charge in [0, 0.05) is 5.56 Å². The molecule has 1 rings (SSSR count). The highest BCUT2D eigenvalue weighted by atomic mass is 19.1. The number of esters is 1. The van der Waals surface area contributed by atoms with Crippen LogP contribution < -0.4 is 0 Å². The maximum absolute atomic E-state index is 13.4. The van der Waals surface area contributed by atoms with E-state index < -0.39 is 24.6 Å². The quantitative estimate of drug-likeness (QED) is 0.826. The lowest BCUT2D eigenvalue weighted by Gasteiger charge is -2.12. The molecule has 1 aromatic rings. The normalized spacial score (nSPS) is 12.3. The molecule has 3 nitrogen and oxygen atoms in total. The highest BCUT2D eigenvalue weighted by Gasteiger charge is 2.21. The van der Waals surface area contributed by atoms with Crippen LogP contribution in [0.25, 0.3) is 0 Å². The van der Waals surface area contributed by atoms with Gasteiger partial charge in [-0.2, -0.15) is 0 Å². The fourth-order valence-corrected chi connectivity index (χ4v) is 1.48. The minimum absolute atomic E-state index is 0.0650. The van der Waals surface area contributed by atoms with Crippen LogP contribution in [-0.4, -0.2) is 17.7 Å². The number of hydrogen-bond donors (Lipinski definition) is 1. The van der Waals surface area contributed by atoms with Crippen LogP contribution in [0.1, 0.15) is 29.7 Å². The molecule has 1 unspecified atom stereocenters. The number of ether oxygens (including phenoxy) is 1. The van der Waals surface area contributed by atoms with Crippen LogP contribution in [-0.2, 0) is 16.2 Å². The van der Waals surface area contributed by atoms with Crippen molar-refractivity contribution in [3.63, 3.8) is 0 Å². The van der Waals surface area contributed by atoms with E-state index in [1.807, 2.05) is 0 Å². The van der Waals surface area contributed by atoms with Gasteiger partial charge in [0.2, 0.25) is 0 Å². The Morgan fingerprint density at radius 3 is 2.65 bits per heavy atom. The number of rotatable bonds is 4. The van der Waals surface area contributed by atoms with Crippen molar-refractivity contribution in [3.8, 4) is 0 Å². The lowest BCUT2D eigenvalue weighted by molar-refractivity contribution is -0.153. The summed E-state index contributed by atoms with van der Waals surface area (Å²) < 4.78 is 30.5. The zero-order valence-corrected chi connectivity index (χ0v) is 9.67. The molecule has 0 aromatic heterocycles. The van der Waals surface area contributed by atoms with Gasteiger partial charge in [-0.25, -0.2) is 13.6 Å². The summed E-state index contributed by atoms with van der Waals surface area (Å²) in [5, 5.41) is 9.60. The molecule has 17 heavy (non-hydrogen) atoms. The zero-order chi connectivity index (χ0) is 13.0. The average molecular weight is 244 g/mol. The SMILES string of the molecule is CCOC(=O)C(O)c1cc(C)c(CF)c(F)c1. The Hall–Kier alpha value is -1.49. The second-order valence-electron chi connectivity index (χ2n) is 3.59. The number of hydrogen-bond acceptors (Lipinski definition) is 3. The summed E-state index contributed by atoms with van der Waals surface area (Å²) in [6, 6.07) is 2.32. The minimum Gasteiger partial charge on any atom is -0.464 e. The number of benzene rings is 1. The minimum atomic E-state index is -1.54. The predicted molar refractivity (Wildman–Crippen MR) is 57.5 cm³/mol. The highest BCUT2D eigenvalue weighted by Crippen LogP contribution is 2.22. The Morgan fingerprint density at radius 1 is 1.53 bits per heavy atom. The van der Waals surface area contributed by atoms with Crippen LogP contribution >= 0.6 is 0 Å². The van der Waals surface area contributed by atoms with Crippen LogP contribution in [0.2, 0.25) is 0 Å². The average Bonchev–Trinajstić information content (AvgIpc) is 2.27. The van der Waals surface area contributed by atoms with Crippen molar-refractivity contribution in [2.45, 2.75) is 26.6 Å². The molecule has 94 valence electrons. The number of alkyl halides is 1. The first-order valence-electron chi connectivity index (χ1n) is 5.20. The molecule has 1 N–H and O–H groups in total. The van der Waals surface area contributed by atoms with E-state index in [1.165, 1.54) is 13.0 Å². The van der Waals surface area contributed by atoms with Crippen molar-refractivity contribution in [2.75, 3.05) is 6.61 Å². The van der Waals surface area contributed by atoms with E-state index in [9.17, 15) is 18.7 Å². The van der Waals surface area contributed by atoms with E-state index in [-0.39, 0.29) is 17.7 Å². The first kappa shape index (κ1) is 13.6. The van der Waals surface area contributed by atoms with E-state index in [0.717, 1.165) is 6.07 Å². The Balaban J connectivity index is 3.04. The van der Waals surface area contributed by atoms with Crippen LogP contribution in [0.3, 0.4) is 0 Å². The number of carbonyl (C=O) groups excluding carboxylic acids is 1. The van der Waals surface area contributed by atoms with Crippen molar-refractivity contribution >= 4 is 5.97 Å². The molecular weight excluding hydrogens is 230 g/mol. The van der Waals surface area contributed by atoms with Crippen LogP contribution in [0.4, 0.5) is 8.78 Å². The number of carbonyl (C=O) groups is 1. The van der Waals surface area contributed by atoms with Crippen LogP contribution in [0, 0.1) is 12.7 Å². The Labute approximate surface area is 98.0 Å². The van der Waals surface area contributed by atoms with E-state index >= 15 is 0 Å². The van der Waals surface area contributed by atoms with Gasteiger partial charge >= 0.3 is 5.97 Å². The molecule has 0 heterocycles. The summed E-state index contributed by atoms with van der Waals surface area (Å²) in [6.07, 6.45) is -1.54. The highest BCUT2D eigenvalue weighted by molar-refractivity contribution is 5.76. The van der Waals surface area contributed by atoms with Gasteiger partial charge in [0.25, 0.3) is 0 Å². The van der Waals surface area contributed by atoms with E-state index in [4.69, 9.17) is 0 Å². The lowest BCUT2D eigenvalue weighted by Crippen LogP contribution is -2.16. The number of aliphatic hydroxyl groups excluding tert-OH is 1. The van der Waals surface area contributed by atoms with Crippen molar-refractivity contribution < 1.29 is 23.4 Å². The molecular formula is C12H14F2O3. The first-order valence-corrected chi connectivity index (χ1v) is 5.20. The van der Waals surface area contributed by atoms with Crippen molar-refractivity contribution in [1.82, 2.24) is 0 Å². The molecule has 0 radical (unpaired) electrons.